The van der Waals surface area contributed by atoms with E-state index in [0.29, 0.717) is 16.5 Å². The normalized spacial score (nSPS) is 11.4. The van der Waals surface area contributed by atoms with Crippen molar-refractivity contribution in [3.8, 4) is 0 Å². The predicted octanol–water partition coefficient (Wildman–Crippen LogP) is 3.68. The van der Waals surface area contributed by atoms with Gasteiger partial charge in [-0.3, -0.25) is 9.52 Å². The Balaban J connectivity index is 1.49. The number of sulfonamides is 1. The highest BCUT2D eigenvalue weighted by atomic mass is 32.2. The molecular formula is C18H14N4O3S2. The third-order valence-corrected chi connectivity index (χ3v) is 6.02. The molecule has 4 aromatic rings. The van der Waals surface area contributed by atoms with E-state index in [1.165, 1.54) is 41.8 Å². The number of amides is 1. The van der Waals surface area contributed by atoms with Crippen LogP contribution in [-0.4, -0.2) is 24.3 Å². The van der Waals surface area contributed by atoms with Crippen molar-refractivity contribution in [3.63, 3.8) is 0 Å². The molecule has 2 aromatic heterocycles. The number of para-hydroxylation sites is 1. The molecule has 0 aliphatic carbocycles. The Hall–Kier alpha value is -3.17. The standard InChI is InChI=1S/C18H14N4O3S2/c23-17(16-11-12-3-1-2-4-15(12)21-16)20-13-5-7-14(8-6-13)27(24,25)22-18-19-9-10-26-18/h1-11,21H,(H,19,22)(H,20,23). The fraction of sp³-hybridized carbons (Fsp3) is 0. The monoisotopic (exact) mass is 398 g/mol. The van der Waals surface area contributed by atoms with Crippen molar-refractivity contribution in [1.29, 1.82) is 0 Å². The average molecular weight is 398 g/mol. The van der Waals surface area contributed by atoms with Crippen molar-refractivity contribution in [2.45, 2.75) is 4.90 Å². The highest BCUT2D eigenvalue weighted by Gasteiger charge is 2.16. The number of carbonyl (C=O) groups excluding carboxylic acids is 1. The van der Waals surface area contributed by atoms with Crippen LogP contribution in [0, 0.1) is 0 Å². The summed E-state index contributed by atoms with van der Waals surface area (Å²) < 4.78 is 27.0. The van der Waals surface area contributed by atoms with E-state index in [-0.39, 0.29) is 10.8 Å². The van der Waals surface area contributed by atoms with E-state index in [4.69, 9.17) is 0 Å². The molecule has 9 heteroatoms. The number of H-pyrrole nitrogens is 1. The molecule has 7 nitrogen and oxygen atoms in total. The van der Waals surface area contributed by atoms with Crippen LogP contribution in [0.4, 0.5) is 10.8 Å². The van der Waals surface area contributed by atoms with Gasteiger partial charge in [0, 0.05) is 28.2 Å². The van der Waals surface area contributed by atoms with E-state index in [1.54, 1.807) is 11.4 Å². The van der Waals surface area contributed by atoms with E-state index in [9.17, 15) is 13.2 Å². The Labute approximate surface area is 159 Å². The summed E-state index contributed by atoms with van der Waals surface area (Å²) in [4.78, 5) is 19.4. The van der Waals surface area contributed by atoms with Crippen LogP contribution in [0.15, 0.2) is 71.1 Å². The minimum atomic E-state index is -3.72. The lowest BCUT2D eigenvalue weighted by molar-refractivity contribution is 0.102. The fourth-order valence-corrected chi connectivity index (χ4v) is 4.35. The minimum absolute atomic E-state index is 0.0845. The van der Waals surface area contributed by atoms with Crippen LogP contribution in [0.5, 0.6) is 0 Å². The Morgan fingerprint density at radius 3 is 2.56 bits per heavy atom. The Morgan fingerprint density at radius 2 is 1.85 bits per heavy atom. The van der Waals surface area contributed by atoms with E-state index >= 15 is 0 Å². The van der Waals surface area contributed by atoms with Gasteiger partial charge in [-0.1, -0.05) is 18.2 Å². The highest BCUT2D eigenvalue weighted by Crippen LogP contribution is 2.20. The van der Waals surface area contributed by atoms with Crippen LogP contribution in [0.25, 0.3) is 10.9 Å². The molecule has 0 saturated heterocycles. The van der Waals surface area contributed by atoms with E-state index in [2.05, 4.69) is 20.0 Å². The van der Waals surface area contributed by atoms with E-state index in [1.807, 2.05) is 24.3 Å². The second kappa shape index (κ2) is 6.86. The summed E-state index contributed by atoms with van der Waals surface area (Å²) in [7, 11) is -3.72. The third-order valence-electron chi connectivity index (χ3n) is 3.85. The fourth-order valence-electron chi connectivity index (χ4n) is 2.56. The molecular weight excluding hydrogens is 384 g/mol. The molecule has 0 bridgehead atoms. The zero-order chi connectivity index (χ0) is 18.9. The Morgan fingerprint density at radius 1 is 1.07 bits per heavy atom. The van der Waals surface area contributed by atoms with Gasteiger partial charge in [-0.05, 0) is 36.4 Å². The van der Waals surface area contributed by atoms with Crippen LogP contribution in [0.2, 0.25) is 0 Å². The van der Waals surface area contributed by atoms with Crippen molar-refractivity contribution in [1.82, 2.24) is 9.97 Å². The van der Waals surface area contributed by atoms with Crippen molar-refractivity contribution in [2.24, 2.45) is 0 Å². The number of nitrogens with one attached hydrogen (secondary N) is 3. The molecule has 27 heavy (non-hydrogen) atoms. The van der Waals surface area contributed by atoms with E-state index < -0.39 is 10.0 Å². The van der Waals surface area contributed by atoms with Gasteiger partial charge >= 0.3 is 0 Å². The van der Waals surface area contributed by atoms with Gasteiger partial charge in [0.2, 0.25) is 0 Å². The Bertz CT molecular complexity index is 1160. The maximum absolute atomic E-state index is 12.4. The molecule has 0 saturated carbocycles. The number of hydrogen-bond donors (Lipinski definition) is 3. The summed E-state index contributed by atoms with van der Waals surface area (Å²) in [6.45, 7) is 0. The number of carbonyl (C=O) groups is 1. The summed E-state index contributed by atoms with van der Waals surface area (Å²) in [5, 5.41) is 5.67. The smallest absolute Gasteiger partial charge is 0.272 e. The molecule has 3 N–H and O–H groups in total. The number of rotatable bonds is 5. The van der Waals surface area contributed by atoms with Crippen LogP contribution in [0.3, 0.4) is 0 Å². The third kappa shape index (κ3) is 3.69. The van der Waals surface area contributed by atoms with Gasteiger partial charge in [0.05, 0.1) is 4.90 Å². The van der Waals surface area contributed by atoms with Crippen molar-refractivity contribution < 1.29 is 13.2 Å². The van der Waals surface area contributed by atoms with Gasteiger partial charge in [0.25, 0.3) is 15.9 Å². The zero-order valence-electron chi connectivity index (χ0n) is 13.8. The first kappa shape index (κ1) is 17.3. The molecule has 0 aliphatic rings. The van der Waals surface area contributed by atoms with Crippen LogP contribution >= 0.6 is 11.3 Å². The number of aromatic amines is 1. The number of thiazole rings is 1. The molecule has 4 rings (SSSR count). The predicted molar refractivity (Wildman–Crippen MR) is 106 cm³/mol. The largest absolute Gasteiger partial charge is 0.351 e. The lowest BCUT2D eigenvalue weighted by Gasteiger charge is -2.07. The first-order valence-electron chi connectivity index (χ1n) is 7.93. The van der Waals surface area contributed by atoms with Crippen LogP contribution in [0.1, 0.15) is 10.5 Å². The summed E-state index contributed by atoms with van der Waals surface area (Å²) in [6.07, 6.45) is 1.52. The molecule has 1 amide bonds. The molecule has 0 spiro atoms. The van der Waals surface area contributed by atoms with Crippen molar-refractivity contribution >= 4 is 49.0 Å². The van der Waals surface area contributed by atoms with Gasteiger partial charge in [-0.2, -0.15) is 0 Å². The van der Waals surface area contributed by atoms with Gasteiger partial charge in [0.15, 0.2) is 5.13 Å². The lowest BCUT2D eigenvalue weighted by atomic mass is 10.2. The summed E-state index contributed by atoms with van der Waals surface area (Å²) in [6, 6.07) is 15.3. The van der Waals surface area contributed by atoms with Crippen LogP contribution < -0.4 is 10.0 Å². The number of aromatic nitrogens is 2. The molecule has 2 heterocycles. The molecule has 0 radical (unpaired) electrons. The molecule has 0 unspecified atom stereocenters. The van der Waals surface area contributed by atoms with Crippen molar-refractivity contribution in [2.75, 3.05) is 10.0 Å². The quantitative estimate of drug-likeness (QED) is 0.477. The summed E-state index contributed by atoms with van der Waals surface area (Å²) >= 11 is 1.19. The first-order valence-corrected chi connectivity index (χ1v) is 10.3. The summed E-state index contributed by atoms with van der Waals surface area (Å²) in [5.41, 5.74) is 1.79. The van der Waals surface area contributed by atoms with E-state index in [0.717, 1.165) is 10.9 Å². The molecule has 2 aromatic carbocycles. The summed E-state index contributed by atoms with van der Waals surface area (Å²) in [5.74, 6) is -0.303. The molecule has 136 valence electrons. The lowest BCUT2D eigenvalue weighted by Crippen LogP contribution is -2.14. The van der Waals surface area contributed by atoms with Gasteiger partial charge in [-0.25, -0.2) is 13.4 Å². The maximum Gasteiger partial charge on any atom is 0.272 e. The molecule has 0 aliphatic heterocycles. The second-order valence-electron chi connectivity index (χ2n) is 5.69. The molecule has 0 atom stereocenters. The second-order valence-corrected chi connectivity index (χ2v) is 8.27. The highest BCUT2D eigenvalue weighted by molar-refractivity contribution is 7.93. The zero-order valence-corrected chi connectivity index (χ0v) is 15.5. The number of anilines is 2. The first-order chi connectivity index (χ1) is 13.0. The van der Waals surface area contributed by atoms with Crippen LogP contribution in [-0.2, 0) is 10.0 Å². The SMILES string of the molecule is O=C(Nc1ccc(S(=O)(=O)Nc2nccs2)cc1)c1cc2ccccc2[nH]1. The van der Waals surface area contributed by atoms with Gasteiger partial charge in [0.1, 0.15) is 5.69 Å². The maximum atomic E-state index is 12.4. The topological polar surface area (TPSA) is 104 Å². The van der Waals surface area contributed by atoms with Gasteiger partial charge in [-0.15, -0.1) is 11.3 Å². The number of nitrogens with zero attached hydrogens (tertiary/aromatic N) is 1. The van der Waals surface area contributed by atoms with Crippen molar-refractivity contribution in [3.05, 3.63) is 71.9 Å². The minimum Gasteiger partial charge on any atom is -0.351 e. The van der Waals surface area contributed by atoms with Gasteiger partial charge < -0.3 is 10.3 Å². The number of fused-ring (bicyclic) bond motifs is 1. The molecule has 0 fully saturated rings. The Kier molecular flexibility index (Phi) is 4.38. The number of benzene rings is 2. The average Bonchev–Trinajstić information content (AvgIpc) is 3.31. The number of hydrogen-bond acceptors (Lipinski definition) is 5.